The van der Waals surface area contributed by atoms with E-state index in [-0.39, 0.29) is 11.6 Å². The van der Waals surface area contributed by atoms with E-state index in [1.807, 2.05) is 0 Å². The van der Waals surface area contributed by atoms with Crippen molar-refractivity contribution >= 4 is 10.9 Å². The summed E-state index contributed by atoms with van der Waals surface area (Å²) >= 11 is 0. The Balaban J connectivity index is 1.91. The fraction of sp³-hybridized carbons (Fsp3) is 0.600. The Morgan fingerprint density at radius 3 is 2.70 bits per heavy atom. The molecule has 0 aliphatic heterocycles. The van der Waals surface area contributed by atoms with Gasteiger partial charge in [0.2, 0.25) is 0 Å². The molecule has 0 fully saturated rings. The fourth-order valence-corrected chi connectivity index (χ4v) is 3.66. The van der Waals surface area contributed by atoms with Gasteiger partial charge >= 0.3 is 0 Å². The van der Waals surface area contributed by atoms with Gasteiger partial charge < -0.3 is 15.0 Å². The Hall–Kier alpha value is -1.32. The van der Waals surface area contributed by atoms with Gasteiger partial charge in [0.05, 0.1) is 12.6 Å². The first kappa shape index (κ1) is 16.5. The van der Waals surface area contributed by atoms with Crippen molar-refractivity contribution in [2.24, 2.45) is 0 Å². The quantitative estimate of drug-likeness (QED) is 0.905. The van der Waals surface area contributed by atoms with Gasteiger partial charge in [-0.1, -0.05) is 11.6 Å². The second kappa shape index (κ2) is 6.29. The summed E-state index contributed by atoms with van der Waals surface area (Å²) in [5.41, 5.74) is 5.61. The van der Waals surface area contributed by atoms with Crippen LogP contribution in [0.2, 0.25) is 0 Å². The molecule has 0 amide bonds. The predicted molar refractivity (Wildman–Crippen MR) is 97.1 cm³/mol. The third kappa shape index (κ3) is 3.61. The summed E-state index contributed by atoms with van der Waals surface area (Å²) in [7, 11) is 0. The smallest absolute Gasteiger partial charge is 0.0843 e. The van der Waals surface area contributed by atoms with E-state index in [4.69, 9.17) is 0 Å². The van der Waals surface area contributed by atoms with E-state index in [2.05, 4.69) is 55.8 Å². The molecule has 2 N–H and O–H groups in total. The lowest BCUT2D eigenvalue weighted by atomic mass is 9.95. The lowest BCUT2D eigenvalue weighted by Gasteiger charge is -2.24. The Kier molecular flexibility index (Phi) is 4.52. The minimum absolute atomic E-state index is 0.0380. The lowest BCUT2D eigenvalue weighted by molar-refractivity contribution is 0.142. The van der Waals surface area contributed by atoms with Gasteiger partial charge in [0.25, 0.3) is 0 Å². The summed E-state index contributed by atoms with van der Waals surface area (Å²) in [5.74, 6) is 0. The maximum atomic E-state index is 10.5. The van der Waals surface area contributed by atoms with Crippen LogP contribution in [0.25, 0.3) is 10.9 Å². The number of fused-ring (bicyclic) bond motifs is 3. The molecule has 1 atom stereocenters. The largest absolute Gasteiger partial charge is 0.390 e. The number of nitrogens with zero attached hydrogens (tertiary/aromatic N) is 1. The third-order valence-corrected chi connectivity index (χ3v) is 4.79. The number of hydrogen-bond donors (Lipinski definition) is 2. The van der Waals surface area contributed by atoms with Crippen molar-refractivity contribution in [1.82, 2.24) is 9.88 Å². The van der Waals surface area contributed by atoms with E-state index in [1.54, 1.807) is 0 Å². The topological polar surface area (TPSA) is 37.2 Å². The van der Waals surface area contributed by atoms with Crippen LogP contribution in [0.3, 0.4) is 0 Å². The first-order chi connectivity index (χ1) is 10.8. The summed E-state index contributed by atoms with van der Waals surface area (Å²) in [6.07, 6.45) is 4.51. The van der Waals surface area contributed by atoms with E-state index < -0.39 is 0 Å². The highest BCUT2D eigenvalue weighted by atomic mass is 16.3. The predicted octanol–water partition coefficient (Wildman–Crippen LogP) is 3.58. The molecule has 1 heterocycles. The first-order valence-electron chi connectivity index (χ1n) is 8.89. The summed E-state index contributed by atoms with van der Waals surface area (Å²) in [6.45, 7) is 9.87. The van der Waals surface area contributed by atoms with E-state index >= 15 is 0 Å². The van der Waals surface area contributed by atoms with Gasteiger partial charge in [0, 0.05) is 28.7 Å². The third-order valence-electron chi connectivity index (χ3n) is 4.79. The molecule has 2 aromatic rings. The second-order valence-corrected chi connectivity index (χ2v) is 8.05. The van der Waals surface area contributed by atoms with Gasteiger partial charge in [-0.25, -0.2) is 0 Å². The summed E-state index contributed by atoms with van der Waals surface area (Å²) < 4.78 is 2.37. The molecule has 1 aromatic carbocycles. The van der Waals surface area contributed by atoms with Gasteiger partial charge in [-0.2, -0.15) is 0 Å². The number of aliphatic hydroxyl groups excluding tert-OH is 1. The van der Waals surface area contributed by atoms with Crippen molar-refractivity contribution in [3.63, 3.8) is 0 Å². The zero-order chi connectivity index (χ0) is 16.6. The van der Waals surface area contributed by atoms with Crippen LogP contribution < -0.4 is 5.32 Å². The molecule has 0 bridgehead atoms. The monoisotopic (exact) mass is 314 g/mol. The number of aryl methyl sites for hydroxylation is 2. The Bertz CT molecular complexity index is 694. The summed E-state index contributed by atoms with van der Waals surface area (Å²) in [4.78, 5) is 0. The molecule has 126 valence electrons. The van der Waals surface area contributed by atoms with Gasteiger partial charge in [0.1, 0.15) is 0 Å². The van der Waals surface area contributed by atoms with E-state index in [0.29, 0.717) is 13.1 Å². The zero-order valence-corrected chi connectivity index (χ0v) is 14.9. The lowest BCUT2D eigenvalue weighted by Crippen LogP contribution is -2.42. The standard InChI is InChI=1S/C20H30N2O/c1-14-9-10-19-17(11-14)16-7-5-6-8-18(16)22(19)13-15(23)12-21-20(2,3)4/h9-11,15,21,23H,5-8,12-13H2,1-4H3/t15-/m0/s1. The molecule has 1 aliphatic carbocycles. The highest BCUT2D eigenvalue weighted by molar-refractivity contribution is 5.86. The van der Waals surface area contributed by atoms with Crippen LogP contribution in [0.4, 0.5) is 0 Å². The number of benzene rings is 1. The molecule has 0 unspecified atom stereocenters. The number of β-amino-alcohol motifs (C(OH)–C–C–N with tert-alkyl or cyclic N) is 1. The van der Waals surface area contributed by atoms with E-state index in [1.165, 1.54) is 47.0 Å². The SMILES string of the molecule is Cc1ccc2c(c1)c1c(n2C[C@@H](O)CNC(C)(C)C)CCCC1. The molecule has 1 aromatic heterocycles. The zero-order valence-electron chi connectivity index (χ0n) is 14.9. The number of aliphatic hydroxyl groups is 1. The molecular weight excluding hydrogens is 284 g/mol. The Morgan fingerprint density at radius 2 is 1.96 bits per heavy atom. The van der Waals surface area contributed by atoms with Crippen LogP contribution in [-0.4, -0.2) is 27.9 Å². The van der Waals surface area contributed by atoms with Crippen molar-refractivity contribution < 1.29 is 5.11 Å². The molecule has 0 spiro atoms. The maximum Gasteiger partial charge on any atom is 0.0843 e. The second-order valence-electron chi connectivity index (χ2n) is 8.05. The summed E-state index contributed by atoms with van der Waals surface area (Å²) in [5, 5.41) is 15.3. The minimum Gasteiger partial charge on any atom is -0.390 e. The average molecular weight is 314 g/mol. The summed E-state index contributed by atoms with van der Waals surface area (Å²) in [6, 6.07) is 6.73. The highest BCUT2D eigenvalue weighted by Gasteiger charge is 2.22. The van der Waals surface area contributed by atoms with Crippen LogP contribution in [0.1, 0.15) is 50.4 Å². The highest BCUT2D eigenvalue weighted by Crippen LogP contribution is 2.33. The van der Waals surface area contributed by atoms with Crippen LogP contribution >= 0.6 is 0 Å². The van der Waals surface area contributed by atoms with Crippen LogP contribution in [-0.2, 0) is 19.4 Å². The fourth-order valence-electron chi connectivity index (χ4n) is 3.66. The minimum atomic E-state index is -0.364. The van der Waals surface area contributed by atoms with Gasteiger partial charge in [-0.3, -0.25) is 0 Å². The Labute approximate surface area is 139 Å². The normalized spacial score (nSPS) is 16.6. The first-order valence-corrected chi connectivity index (χ1v) is 8.89. The van der Waals surface area contributed by atoms with Crippen LogP contribution in [0, 0.1) is 6.92 Å². The number of hydrogen-bond acceptors (Lipinski definition) is 2. The molecule has 0 radical (unpaired) electrons. The molecule has 1 aliphatic rings. The Morgan fingerprint density at radius 1 is 1.22 bits per heavy atom. The molecular formula is C20H30N2O. The molecule has 3 heteroatoms. The van der Waals surface area contributed by atoms with Crippen molar-refractivity contribution in [3.05, 3.63) is 35.0 Å². The van der Waals surface area contributed by atoms with Gasteiger partial charge in [-0.15, -0.1) is 0 Å². The molecule has 3 rings (SSSR count). The molecule has 23 heavy (non-hydrogen) atoms. The van der Waals surface area contributed by atoms with Crippen molar-refractivity contribution in [2.45, 2.75) is 71.6 Å². The number of rotatable bonds is 4. The van der Waals surface area contributed by atoms with Crippen molar-refractivity contribution in [1.29, 1.82) is 0 Å². The van der Waals surface area contributed by atoms with Gasteiger partial charge in [-0.05, 0) is 71.1 Å². The van der Waals surface area contributed by atoms with Crippen molar-refractivity contribution in [3.8, 4) is 0 Å². The molecule has 0 saturated heterocycles. The van der Waals surface area contributed by atoms with Crippen LogP contribution in [0.5, 0.6) is 0 Å². The number of aromatic nitrogens is 1. The molecule has 0 saturated carbocycles. The number of nitrogens with one attached hydrogen (secondary N) is 1. The average Bonchev–Trinajstić information content (AvgIpc) is 2.79. The molecule has 3 nitrogen and oxygen atoms in total. The van der Waals surface area contributed by atoms with E-state index in [0.717, 1.165) is 6.42 Å². The van der Waals surface area contributed by atoms with Crippen LogP contribution in [0.15, 0.2) is 18.2 Å². The van der Waals surface area contributed by atoms with E-state index in [9.17, 15) is 5.11 Å². The van der Waals surface area contributed by atoms with Crippen molar-refractivity contribution in [2.75, 3.05) is 6.54 Å². The maximum absolute atomic E-state index is 10.5. The van der Waals surface area contributed by atoms with Gasteiger partial charge in [0.15, 0.2) is 0 Å².